The van der Waals surface area contributed by atoms with Crippen molar-refractivity contribution in [1.82, 2.24) is 9.29 Å². The highest BCUT2D eigenvalue weighted by Crippen LogP contribution is 2.31. The highest BCUT2D eigenvalue weighted by Gasteiger charge is 2.41. The first-order chi connectivity index (χ1) is 11.8. The van der Waals surface area contributed by atoms with Gasteiger partial charge < -0.3 is 0 Å². The SMILES string of the molecule is CC[C@H](C)N([C@H]1CCS(=O)(=O)C1)S(=O)(=O)c1cccc2cccnc12. The molecule has 1 aromatic heterocycles. The third kappa shape index (κ3) is 3.43. The molecular formula is C17H22N2O4S2. The molecule has 0 radical (unpaired) electrons. The number of hydrogen-bond acceptors (Lipinski definition) is 5. The summed E-state index contributed by atoms with van der Waals surface area (Å²) in [5, 5.41) is 0.742. The molecule has 2 aromatic rings. The first kappa shape index (κ1) is 18.3. The first-order valence-corrected chi connectivity index (χ1v) is 11.6. The van der Waals surface area contributed by atoms with Gasteiger partial charge in [-0.15, -0.1) is 0 Å². The van der Waals surface area contributed by atoms with E-state index in [0.717, 1.165) is 5.39 Å². The van der Waals surface area contributed by atoms with E-state index in [9.17, 15) is 16.8 Å². The summed E-state index contributed by atoms with van der Waals surface area (Å²) in [6, 6.07) is 7.81. The lowest BCUT2D eigenvalue weighted by molar-refractivity contribution is 0.271. The van der Waals surface area contributed by atoms with Gasteiger partial charge in [0.05, 0.1) is 17.0 Å². The van der Waals surface area contributed by atoms with Crippen LogP contribution in [0.5, 0.6) is 0 Å². The summed E-state index contributed by atoms with van der Waals surface area (Å²) in [6.07, 6.45) is 2.51. The number of pyridine rings is 1. The number of sulfone groups is 1. The Morgan fingerprint density at radius 3 is 2.64 bits per heavy atom. The second kappa shape index (κ2) is 6.66. The van der Waals surface area contributed by atoms with Gasteiger partial charge in [0.25, 0.3) is 0 Å². The summed E-state index contributed by atoms with van der Waals surface area (Å²) in [5.74, 6) is -0.0807. The summed E-state index contributed by atoms with van der Waals surface area (Å²) in [7, 11) is -7.06. The van der Waals surface area contributed by atoms with Crippen molar-refractivity contribution in [2.45, 2.75) is 43.7 Å². The molecule has 2 heterocycles. The fourth-order valence-corrected chi connectivity index (χ4v) is 7.24. The molecule has 2 atom stereocenters. The van der Waals surface area contributed by atoms with Crippen LogP contribution in [0.15, 0.2) is 41.4 Å². The molecule has 3 rings (SSSR count). The molecule has 8 heteroatoms. The lowest BCUT2D eigenvalue weighted by Gasteiger charge is -2.32. The highest BCUT2D eigenvalue weighted by molar-refractivity contribution is 7.92. The van der Waals surface area contributed by atoms with E-state index in [1.54, 1.807) is 24.4 Å². The fraction of sp³-hybridized carbons (Fsp3) is 0.471. The standard InChI is InChI=1S/C17H22N2O4S2/c1-3-13(2)19(15-9-11-24(20,21)12-15)25(22,23)16-8-4-6-14-7-5-10-18-17(14)16/h4-8,10,13,15H,3,9,11-12H2,1-2H3/t13-,15-/m0/s1. The molecule has 1 saturated heterocycles. The van der Waals surface area contributed by atoms with Crippen LogP contribution in [-0.4, -0.2) is 49.7 Å². The van der Waals surface area contributed by atoms with Gasteiger partial charge in [0.1, 0.15) is 4.90 Å². The lowest BCUT2D eigenvalue weighted by atomic mass is 10.2. The van der Waals surface area contributed by atoms with Crippen molar-refractivity contribution in [3.8, 4) is 0 Å². The summed E-state index contributed by atoms with van der Waals surface area (Å²) in [4.78, 5) is 4.38. The minimum absolute atomic E-state index is 0.0356. The molecule has 0 spiro atoms. The van der Waals surface area contributed by atoms with Crippen molar-refractivity contribution in [3.05, 3.63) is 36.5 Å². The maximum absolute atomic E-state index is 13.4. The predicted octanol–water partition coefficient (Wildman–Crippen LogP) is 2.21. The van der Waals surface area contributed by atoms with Crippen molar-refractivity contribution in [2.24, 2.45) is 0 Å². The number of fused-ring (bicyclic) bond motifs is 1. The summed E-state index contributed by atoms with van der Waals surface area (Å²) < 4.78 is 52.1. The number of hydrogen-bond donors (Lipinski definition) is 0. The van der Waals surface area contributed by atoms with Gasteiger partial charge >= 0.3 is 0 Å². The zero-order valence-corrected chi connectivity index (χ0v) is 15.9. The largest absolute Gasteiger partial charge is 0.255 e. The second-order valence-corrected chi connectivity index (χ2v) is 10.5. The Labute approximate surface area is 148 Å². The molecule has 0 saturated carbocycles. The molecule has 0 unspecified atom stereocenters. The Balaban J connectivity index is 2.14. The smallest absolute Gasteiger partial charge is 0.245 e. The van der Waals surface area contributed by atoms with E-state index in [1.807, 2.05) is 26.0 Å². The normalized spacial score (nSPS) is 21.6. The minimum atomic E-state index is -3.87. The Kier molecular flexibility index (Phi) is 4.87. The van der Waals surface area contributed by atoms with Gasteiger partial charge in [-0.05, 0) is 31.9 Å². The molecule has 1 aliphatic rings. The van der Waals surface area contributed by atoms with Crippen LogP contribution >= 0.6 is 0 Å². The quantitative estimate of drug-likeness (QED) is 0.792. The first-order valence-electron chi connectivity index (χ1n) is 8.34. The number of benzene rings is 1. The van der Waals surface area contributed by atoms with Crippen LogP contribution in [0.4, 0.5) is 0 Å². The Morgan fingerprint density at radius 2 is 2.00 bits per heavy atom. The zero-order chi connectivity index (χ0) is 18.2. The molecule has 0 aliphatic carbocycles. The third-order valence-corrected chi connectivity index (χ3v) is 8.59. The number of sulfonamides is 1. The van der Waals surface area contributed by atoms with Crippen LogP contribution in [0, 0.1) is 0 Å². The monoisotopic (exact) mass is 382 g/mol. The maximum atomic E-state index is 13.4. The number of nitrogens with zero attached hydrogens (tertiary/aromatic N) is 2. The molecule has 0 amide bonds. The lowest BCUT2D eigenvalue weighted by Crippen LogP contribution is -2.46. The van der Waals surface area contributed by atoms with Crippen LogP contribution in [-0.2, 0) is 19.9 Å². The summed E-state index contributed by atoms with van der Waals surface area (Å²) >= 11 is 0. The van der Waals surface area contributed by atoms with Gasteiger partial charge in [-0.3, -0.25) is 4.98 Å². The number of aromatic nitrogens is 1. The van der Waals surface area contributed by atoms with Crippen LogP contribution in [0.1, 0.15) is 26.7 Å². The molecule has 1 aliphatic heterocycles. The molecule has 6 nitrogen and oxygen atoms in total. The predicted molar refractivity (Wildman–Crippen MR) is 97.6 cm³/mol. The van der Waals surface area contributed by atoms with Crippen molar-refractivity contribution in [3.63, 3.8) is 0 Å². The molecular weight excluding hydrogens is 360 g/mol. The van der Waals surface area contributed by atoms with Gasteiger partial charge in [-0.25, -0.2) is 16.8 Å². The van der Waals surface area contributed by atoms with Gasteiger partial charge in [0, 0.05) is 23.7 Å². The maximum Gasteiger partial charge on any atom is 0.245 e. The van der Waals surface area contributed by atoms with Gasteiger partial charge in [0.15, 0.2) is 9.84 Å². The number of para-hydroxylation sites is 1. The van der Waals surface area contributed by atoms with E-state index in [2.05, 4.69) is 4.98 Å². The topological polar surface area (TPSA) is 84.4 Å². The number of rotatable bonds is 5. The Morgan fingerprint density at radius 1 is 1.28 bits per heavy atom. The van der Waals surface area contributed by atoms with Crippen LogP contribution in [0.3, 0.4) is 0 Å². The average molecular weight is 383 g/mol. The highest BCUT2D eigenvalue weighted by atomic mass is 32.2. The van der Waals surface area contributed by atoms with Crippen molar-refractivity contribution >= 4 is 30.8 Å². The van der Waals surface area contributed by atoms with Crippen molar-refractivity contribution in [2.75, 3.05) is 11.5 Å². The van der Waals surface area contributed by atoms with E-state index in [4.69, 9.17) is 0 Å². The van der Waals surface area contributed by atoms with Gasteiger partial charge in [-0.1, -0.05) is 25.1 Å². The zero-order valence-electron chi connectivity index (χ0n) is 14.3. The van der Waals surface area contributed by atoms with Crippen LogP contribution < -0.4 is 0 Å². The summed E-state index contributed by atoms with van der Waals surface area (Å²) in [6.45, 7) is 3.72. The average Bonchev–Trinajstić information content (AvgIpc) is 2.93. The van der Waals surface area contributed by atoms with E-state index in [-0.39, 0.29) is 22.4 Å². The molecule has 0 N–H and O–H groups in total. The third-order valence-electron chi connectivity index (χ3n) is 4.74. The van der Waals surface area contributed by atoms with Crippen LogP contribution in [0.2, 0.25) is 0 Å². The van der Waals surface area contributed by atoms with E-state index in [0.29, 0.717) is 18.4 Å². The fourth-order valence-electron chi connectivity index (χ4n) is 3.35. The second-order valence-electron chi connectivity index (χ2n) is 6.48. The molecule has 1 aromatic carbocycles. The van der Waals surface area contributed by atoms with E-state index in [1.165, 1.54) is 4.31 Å². The molecule has 25 heavy (non-hydrogen) atoms. The van der Waals surface area contributed by atoms with E-state index >= 15 is 0 Å². The van der Waals surface area contributed by atoms with Crippen molar-refractivity contribution in [1.29, 1.82) is 0 Å². The Bertz CT molecular complexity index is 981. The molecule has 0 bridgehead atoms. The Hall–Kier alpha value is -1.51. The van der Waals surface area contributed by atoms with Crippen molar-refractivity contribution < 1.29 is 16.8 Å². The van der Waals surface area contributed by atoms with Gasteiger partial charge in [-0.2, -0.15) is 4.31 Å². The van der Waals surface area contributed by atoms with Gasteiger partial charge in [0.2, 0.25) is 10.0 Å². The minimum Gasteiger partial charge on any atom is -0.255 e. The molecule has 136 valence electrons. The molecule has 1 fully saturated rings. The van der Waals surface area contributed by atoms with Crippen LogP contribution in [0.25, 0.3) is 10.9 Å². The van der Waals surface area contributed by atoms with E-state index < -0.39 is 25.9 Å². The summed E-state index contributed by atoms with van der Waals surface area (Å²) in [5.41, 5.74) is 0.416.